The van der Waals surface area contributed by atoms with Gasteiger partial charge in [-0.15, -0.1) is 0 Å². The zero-order valence-corrected chi connectivity index (χ0v) is 9.92. The Kier molecular flexibility index (Phi) is 3.70. The molecule has 0 amide bonds. The number of aromatic nitrogens is 1. The molecule has 1 aromatic rings. The highest BCUT2D eigenvalue weighted by Gasteiger charge is 2.36. The number of hydrogen-bond acceptors (Lipinski definition) is 1. The van der Waals surface area contributed by atoms with Crippen molar-refractivity contribution in [3.8, 4) is 0 Å². The molecule has 0 bridgehead atoms. The fourth-order valence-corrected chi connectivity index (χ4v) is 1.89. The molecule has 0 aromatic carbocycles. The van der Waals surface area contributed by atoms with Crippen LogP contribution in [0.3, 0.4) is 0 Å². The van der Waals surface area contributed by atoms with Gasteiger partial charge in [0.05, 0.1) is 10.0 Å². The molecule has 1 rings (SSSR count). The number of hydrogen-bond donors (Lipinski definition) is 0. The van der Waals surface area contributed by atoms with Crippen LogP contribution < -0.4 is 0 Å². The predicted octanol–water partition coefficient (Wildman–Crippen LogP) is 4.56. The molecular formula is C7H2Br2F5N. The fourth-order valence-electron chi connectivity index (χ4n) is 0.868. The van der Waals surface area contributed by atoms with Gasteiger partial charge in [0.1, 0.15) is 10.3 Å². The molecule has 0 atom stereocenters. The van der Waals surface area contributed by atoms with Crippen molar-refractivity contribution in [2.75, 3.05) is 0 Å². The summed E-state index contributed by atoms with van der Waals surface area (Å²) in [6.45, 7) is 0. The molecule has 0 unspecified atom stereocenters. The second-order valence-electron chi connectivity index (χ2n) is 2.49. The Morgan fingerprint density at radius 2 is 1.73 bits per heavy atom. The molecule has 0 radical (unpaired) electrons. The Morgan fingerprint density at radius 3 is 2.13 bits per heavy atom. The topological polar surface area (TPSA) is 12.9 Å². The van der Waals surface area contributed by atoms with E-state index in [9.17, 15) is 22.0 Å². The minimum atomic E-state index is -4.70. The van der Waals surface area contributed by atoms with Gasteiger partial charge in [-0.25, -0.2) is 13.8 Å². The van der Waals surface area contributed by atoms with Gasteiger partial charge < -0.3 is 0 Å². The summed E-state index contributed by atoms with van der Waals surface area (Å²) in [4.78, 5) is 3.27. The monoisotopic (exact) mass is 353 g/mol. The maximum absolute atomic E-state index is 12.3. The Labute approximate surface area is 97.9 Å². The van der Waals surface area contributed by atoms with Gasteiger partial charge in [-0.05, 0) is 37.9 Å². The van der Waals surface area contributed by atoms with Crippen molar-refractivity contribution in [1.82, 2.24) is 4.98 Å². The summed E-state index contributed by atoms with van der Waals surface area (Å²) >= 11 is 5.11. The molecule has 0 aliphatic rings. The summed E-state index contributed by atoms with van der Waals surface area (Å²) < 4.78 is 60.6. The standard InChI is InChI=1S/C7H2Br2F5N/c8-3-1-2(7(12,13)14)4(9)5(15-3)6(10)11/h1,6H. The molecule has 0 aliphatic carbocycles. The van der Waals surface area contributed by atoms with Crippen molar-refractivity contribution in [2.45, 2.75) is 12.6 Å². The van der Waals surface area contributed by atoms with E-state index in [0.29, 0.717) is 6.07 Å². The largest absolute Gasteiger partial charge is 0.417 e. The van der Waals surface area contributed by atoms with E-state index in [0.717, 1.165) is 0 Å². The summed E-state index contributed by atoms with van der Waals surface area (Å²) in [6, 6.07) is 0.635. The maximum Gasteiger partial charge on any atom is 0.417 e. The molecule has 0 spiro atoms. The molecule has 0 fully saturated rings. The summed E-state index contributed by atoms with van der Waals surface area (Å²) in [5, 5.41) is 0. The second-order valence-corrected chi connectivity index (χ2v) is 4.10. The lowest BCUT2D eigenvalue weighted by molar-refractivity contribution is -0.138. The SMILES string of the molecule is FC(F)c1nc(Br)cc(C(F)(F)F)c1Br. The van der Waals surface area contributed by atoms with Crippen LogP contribution in [0.1, 0.15) is 17.7 Å². The van der Waals surface area contributed by atoms with Crippen molar-refractivity contribution in [3.05, 3.63) is 26.4 Å². The minimum Gasteiger partial charge on any atom is -0.239 e. The van der Waals surface area contributed by atoms with Crippen molar-refractivity contribution in [2.24, 2.45) is 0 Å². The molecule has 1 aromatic heterocycles. The van der Waals surface area contributed by atoms with Crippen LogP contribution >= 0.6 is 31.9 Å². The lowest BCUT2D eigenvalue weighted by Gasteiger charge is -2.12. The summed E-state index contributed by atoms with van der Waals surface area (Å²) in [6.07, 6.45) is -7.77. The molecule has 0 saturated heterocycles. The number of alkyl halides is 5. The van der Waals surface area contributed by atoms with Crippen molar-refractivity contribution in [3.63, 3.8) is 0 Å². The molecule has 1 heterocycles. The highest BCUT2D eigenvalue weighted by molar-refractivity contribution is 9.11. The number of pyridine rings is 1. The first-order valence-electron chi connectivity index (χ1n) is 3.44. The van der Waals surface area contributed by atoms with Crippen LogP contribution in [-0.4, -0.2) is 4.98 Å². The Hall–Kier alpha value is -0.240. The van der Waals surface area contributed by atoms with Gasteiger partial charge in [0.15, 0.2) is 0 Å². The van der Waals surface area contributed by atoms with E-state index in [1.807, 2.05) is 0 Å². The van der Waals surface area contributed by atoms with Gasteiger partial charge in [-0.3, -0.25) is 0 Å². The predicted molar refractivity (Wildman–Crippen MR) is 49.6 cm³/mol. The average Bonchev–Trinajstić information content (AvgIpc) is 2.06. The van der Waals surface area contributed by atoms with Crippen LogP contribution in [0.2, 0.25) is 0 Å². The zero-order chi connectivity index (χ0) is 11.8. The number of rotatable bonds is 1. The third-order valence-electron chi connectivity index (χ3n) is 1.46. The first kappa shape index (κ1) is 12.8. The van der Waals surface area contributed by atoms with Gasteiger partial charge in [-0.2, -0.15) is 13.2 Å². The third kappa shape index (κ3) is 2.87. The molecule has 0 N–H and O–H groups in total. The lowest BCUT2D eigenvalue weighted by atomic mass is 10.2. The van der Waals surface area contributed by atoms with Crippen LogP contribution in [0, 0.1) is 0 Å². The lowest BCUT2D eigenvalue weighted by Crippen LogP contribution is -2.09. The molecule has 0 aliphatic heterocycles. The molecule has 15 heavy (non-hydrogen) atoms. The highest BCUT2D eigenvalue weighted by atomic mass is 79.9. The molecule has 0 saturated carbocycles. The van der Waals surface area contributed by atoms with E-state index in [2.05, 4.69) is 36.8 Å². The van der Waals surface area contributed by atoms with E-state index in [1.54, 1.807) is 0 Å². The molecule has 8 heteroatoms. The van der Waals surface area contributed by atoms with Gasteiger partial charge in [0.2, 0.25) is 0 Å². The highest BCUT2D eigenvalue weighted by Crippen LogP contribution is 2.39. The second kappa shape index (κ2) is 4.32. The van der Waals surface area contributed by atoms with Gasteiger partial charge in [0, 0.05) is 0 Å². The van der Waals surface area contributed by atoms with Crippen molar-refractivity contribution < 1.29 is 22.0 Å². The summed E-state index contributed by atoms with van der Waals surface area (Å²) in [5.41, 5.74) is -2.11. The van der Waals surface area contributed by atoms with Crippen LogP contribution in [0.25, 0.3) is 0 Å². The quantitative estimate of drug-likeness (QED) is 0.532. The third-order valence-corrected chi connectivity index (χ3v) is 2.70. The smallest absolute Gasteiger partial charge is 0.239 e. The van der Waals surface area contributed by atoms with Gasteiger partial charge in [-0.1, -0.05) is 0 Å². The summed E-state index contributed by atoms with van der Waals surface area (Å²) in [7, 11) is 0. The molecular weight excluding hydrogens is 353 g/mol. The first-order chi connectivity index (χ1) is 6.73. The van der Waals surface area contributed by atoms with Gasteiger partial charge >= 0.3 is 6.18 Å². The van der Waals surface area contributed by atoms with E-state index in [1.165, 1.54) is 0 Å². The zero-order valence-electron chi connectivity index (χ0n) is 6.75. The maximum atomic E-state index is 12.3. The van der Waals surface area contributed by atoms with E-state index >= 15 is 0 Å². The van der Waals surface area contributed by atoms with E-state index < -0.39 is 28.3 Å². The first-order valence-corrected chi connectivity index (χ1v) is 5.03. The molecule has 84 valence electrons. The average molecular weight is 355 g/mol. The molecule has 1 nitrogen and oxygen atoms in total. The Bertz CT molecular complexity index is 376. The van der Waals surface area contributed by atoms with E-state index in [-0.39, 0.29) is 4.60 Å². The number of halogens is 7. The normalized spacial score (nSPS) is 12.3. The van der Waals surface area contributed by atoms with Gasteiger partial charge in [0.25, 0.3) is 6.43 Å². The summed E-state index contributed by atoms with van der Waals surface area (Å²) in [5.74, 6) is 0. The van der Waals surface area contributed by atoms with Crippen LogP contribution in [0.5, 0.6) is 0 Å². The van der Waals surface area contributed by atoms with E-state index in [4.69, 9.17) is 0 Å². The Balaban J connectivity index is 3.42. The minimum absolute atomic E-state index is 0.284. The van der Waals surface area contributed by atoms with Crippen molar-refractivity contribution >= 4 is 31.9 Å². The van der Waals surface area contributed by atoms with Crippen LogP contribution in [-0.2, 0) is 6.18 Å². The van der Waals surface area contributed by atoms with Crippen LogP contribution in [0.15, 0.2) is 15.1 Å². The fraction of sp³-hybridized carbons (Fsp3) is 0.286. The van der Waals surface area contributed by atoms with Crippen molar-refractivity contribution in [1.29, 1.82) is 0 Å². The Morgan fingerprint density at radius 1 is 1.20 bits per heavy atom. The number of nitrogens with zero attached hydrogens (tertiary/aromatic N) is 1. The van der Waals surface area contributed by atoms with Crippen LogP contribution in [0.4, 0.5) is 22.0 Å².